The lowest BCUT2D eigenvalue weighted by atomic mass is 9.75. The van der Waals surface area contributed by atoms with Crippen LogP contribution in [0.25, 0.3) is 0 Å². The molecule has 20 heavy (non-hydrogen) atoms. The van der Waals surface area contributed by atoms with E-state index in [9.17, 15) is 4.79 Å². The Hall–Kier alpha value is -0.370. The Labute approximate surface area is 124 Å². The summed E-state index contributed by atoms with van der Waals surface area (Å²) in [5.41, 5.74) is 5.99. The molecule has 116 valence electrons. The molecule has 2 rings (SSSR count). The van der Waals surface area contributed by atoms with Gasteiger partial charge in [0.2, 0.25) is 0 Å². The van der Waals surface area contributed by atoms with Gasteiger partial charge in [0.1, 0.15) is 5.78 Å². The number of fused-ring (bicyclic) bond motifs is 2. The number of nitrogens with two attached hydrogens (primary N) is 1. The van der Waals surface area contributed by atoms with Crippen LogP contribution in [0.5, 0.6) is 0 Å². The normalized spacial score (nSPS) is 30.7. The molecule has 0 aromatic carbocycles. The van der Waals surface area contributed by atoms with E-state index in [4.69, 9.17) is 5.73 Å². The first-order valence-electron chi connectivity index (χ1n) is 8.62. The standard InChI is InChI=1S/C18H33NO/c1-18(2,3)16(8-9-19)6-7-17(20)12-15-11-13-4-5-14(15)10-13/h13-16H,4-12,19H2,1-3H3. The highest BCUT2D eigenvalue weighted by atomic mass is 16.1. The number of carbonyl (C=O) groups is 1. The number of carbonyl (C=O) groups excluding carboxylic acids is 1. The van der Waals surface area contributed by atoms with Crippen LogP contribution in [0.2, 0.25) is 0 Å². The largest absolute Gasteiger partial charge is 0.330 e. The van der Waals surface area contributed by atoms with E-state index in [1.807, 2.05) is 0 Å². The van der Waals surface area contributed by atoms with Crippen LogP contribution in [0.4, 0.5) is 0 Å². The summed E-state index contributed by atoms with van der Waals surface area (Å²) >= 11 is 0. The van der Waals surface area contributed by atoms with Gasteiger partial charge in [-0.1, -0.05) is 27.2 Å². The zero-order valence-corrected chi connectivity index (χ0v) is 13.7. The fourth-order valence-electron chi connectivity index (χ4n) is 4.57. The van der Waals surface area contributed by atoms with Gasteiger partial charge in [0.15, 0.2) is 0 Å². The van der Waals surface area contributed by atoms with Crippen molar-refractivity contribution in [2.75, 3.05) is 6.54 Å². The first-order chi connectivity index (χ1) is 9.40. The Kier molecular flexibility index (Phi) is 5.28. The maximum absolute atomic E-state index is 12.3. The fraction of sp³-hybridized carbons (Fsp3) is 0.944. The van der Waals surface area contributed by atoms with Gasteiger partial charge in [0.05, 0.1) is 0 Å². The molecule has 2 nitrogen and oxygen atoms in total. The monoisotopic (exact) mass is 279 g/mol. The predicted molar refractivity (Wildman–Crippen MR) is 84.4 cm³/mol. The summed E-state index contributed by atoms with van der Waals surface area (Å²) in [6, 6.07) is 0. The van der Waals surface area contributed by atoms with E-state index in [0.717, 1.165) is 50.0 Å². The first-order valence-corrected chi connectivity index (χ1v) is 8.62. The van der Waals surface area contributed by atoms with E-state index >= 15 is 0 Å². The second kappa shape index (κ2) is 6.60. The van der Waals surface area contributed by atoms with Crippen molar-refractivity contribution in [3.8, 4) is 0 Å². The van der Waals surface area contributed by atoms with Gasteiger partial charge in [-0.15, -0.1) is 0 Å². The maximum atomic E-state index is 12.3. The molecule has 0 amide bonds. The van der Waals surface area contributed by atoms with Gasteiger partial charge < -0.3 is 5.73 Å². The van der Waals surface area contributed by atoms with Crippen LogP contribution in [-0.4, -0.2) is 12.3 Å². The first kappa shape index (κ1) is 16.0. The summed E-state index contributed by atoms with van der Waals surface area (Å²) in [6.45, 7) is 7.55. The number of rotatable bonds is 7. The highest BCUT2D eigenvalue weighted by Crippen LogP contribution is 2.49. The van der Waals surface area contributed by atoms with Crippen LogP contribution in [0.15, 0.2) is 0 Å². The molecule has 2 N–H and O–H groups in total. The zero-order valence-electron chi connectivity index (χ0n) is 13.7. The molecule has 2 aliphatic carbocycles. The molecule has 2 heteroatoms. The van der Waals surface area contributed by atoms with Crippen molar-refractivity contribution in [2.24, 2.45) is 34.8 Å². The smallest absolute Gasteiger partial charge is 0.133 e. The lowest BCUT2D eigenvalue weighted by molar-refractivity contribution is -0.120. The Morgan fingerprint density at radius 3 is 2.45 bits per heavy atom. The average Bonchev–Trinajstić information content (AvgIpc) is 2.95. The predicted octanol–water partition coefficient (Wildman–Crippen LogP) is 4.17. The Morgan fingerprint density at radius 1 is 1.20 bits per heavy atom. The molecule has 0 saturated heterocycles. The van der Waals surface area contributed by atoms with Crippen molar-refractivity contribution in [2.45, 2.75) is 72.1 Å². The second-order valence-electron chi connectivity index (χ2n) is 8.36. The van der Waals surface area contributed by atoms with Crippen LogP contribution in [0, 0.1) is 29.1 Å². The van der Waals surface area contributed by atoms with Gasteiger partial charge in [-0.05, 0) is 67.7 Å². The molecule has 0 aromatic rings. The van der Waals surface area contributed by atoms with E-state index in [-0.39, 0.29) is 5.41 Å². The van der Waals surface area contributed by atoms with Crippen molar-refractivity contribution < 1.29 is 4.79 Å². The third kappa shape index (κ3) is 4.07. The summed E-state index contributed by atoms with van der Waals surface area (Å²) in [6.07, 6.45) is 9.28. The van der Waals surface area contributed by atoms with Crippen molar-refractivity contribution >= 4 is 5.78 Å². The van der Waals surface area contributed by atoms with Gasteiger partial charge in [-0.25, -0.2) is 0 Å². The van der Waals surface area contributed by atoms with Gasteiger partial charge in [0.25, 0.3) is 0 Å². The van der Waals surface area contributed by atoms with Crippen LogP contribution >= 0.6 is 0 Å². The SMILES string of the molecule is CC(C)(C)C(CCN)CCC(=O)CC1CC2CCC1C2. The maximum Gasteiger partial charge on any atom is 0.133 e. The number of hydrogen-bond donors (Lipinski definition) is 1. The van der Waals surface area contributed by atoms with E-state index in [1.165, 1.54) is 25.7 Å². The molecule has 0 heterocycles. The molecule has 0 aliphatic heterocycles. The minimum absolute atomic E-state index is 0.270. The topological polar surface area (TPSA) is 43.1 Å². The molecule has 2 fully saturated rings. The van der Waals surface area contributed by atoms with Crippen molar-refractivity contribution in [3.63, 3.8) is 0 Å². The molecule has 2 saturated carbocycles. The van der Waals surface area contributed by atoms with Gasteiger partial charge in [-0.3, -0.25) is 4.79 Å². The number of ketones is 1. The molecule has 0 spiro atoms. The molecule has 4 unspecified atom stereocenters. The Morgan fingerprint density at radius 2 is 1.95 bits per heavy atom. The average molecular weight is 279 g/mol. The minimum Gasteiger partial charge on any atom is -0.330 e. The minimum atomic E-state index is 0.270. The third-order valence-electron chi connectivity index (χ3n) is 5.89. The highest BCUT2D eigenvalue weighted by molar-refractivity contribution is 5.78. The van der Waals surface area contributed by atoms with Crippen LogP contribution in [0.3, 0.4) is 0 Å². The highest BCUT2D eigenvalue weighted by Gasteiger charge is 2.40. The molecule has 0 radical (unpaired) electrons. The summed E-state index contributed by atoms with van der Waals surface area (Å²) in [4.78, 5) is 12.3. The lowest BCUT2D eigenvalue weighted by Crippen LogP contribution is -2.24. The van der Waals surface area contributed by atoms with Gasteiger partial charge >= 0.3 is 0 Å². The molecule has 4 atom stereocenters. The second-order valence-corrected chi connectivity index (χ2v) is 8.36. The van der Waals surface area contributed by atoms with E-state index < -0.39 is 0 Å². The zero-order chi connectivity index (χ0) is 14.8. The van der Waals surface area contributed by atoms with E-state index in [1.54, 1.807) is 0 Å². The Balaban J connectivity index is 1.74. The van der Waals surface area contributed by atoms with Crippen molar-refractivity contribution in [3.05, 3.63) is 0 Å². The number of Topliss-reactive ketones (excluding diaryl/α,β-unsaturated/α-hetero) is 1. The quantitative estimate of drug-likeness (QED) is 0.760. The third-order valence-corrected chi connectivity index (χ3v) is 5.89. The van der Waals surface area contributed by atoms with Crippen LogP contribution in [0.1, 0.15) is 72.1 Å². The van der Waals surface area contributed by atoms with Crippen LogP contribution < -0.4 is 5.73 Å². The van der Waals surface area contributed by atoms with Crippen molar-refractivity contribution in [1.82, 2.24) is 0 Å². The summed E-state index contributed by atoms with van der Waals surface area (Å²) in [5, 5.41) is 0. The summed E-state index contributed by atoms with van der Waals surface area (Å²) in [7, 11) is 0. The summed E-state index contributed by atoms with van der Waals surface area (Å²) < 4.78 is 0. The van der Waals surface area contributed by atoms with E-state index in [0.29, 0.717) is 11.7 Å². The van der Waals surface area contributed by atoms with Crippen LogP contribution in [-0.2, 0) is 4.79 Å². The molecule has 0 aromatic heterocycles. The Bertz CT molecular complexity index is 331. The lowest BCUT2D eigenvalue weighted by Gasteiger charge is -2.30. The number of hydrogen-bond acceptors (Lipinski definition) is 2. The van der Waals surface area contributed by atoms with E-state index in [2.05, 4.69) is 20.8 Å². The molecule has 2 bridgehead atoms. The van der Waals surface area contributed by atoms with Gasteiger partial charge in [0, 0.05) is 12.8 Å². The fourth-order valence-corrected chi connectivity index (χ4v) is 4.57. The van der Waals surface area contributed by atoms with Gasteiger partial charge in [-0.2, -0.15) is 0 Å². The molecular weight excluding hydrogens is 246 g/mol. The molecule has 2 aliphatic rings. The molecular formula is C18H33NO. The summed E-state index contributed by atoms with van der Waals surface area (Å²) in [5.74, 6) is 3.65. The van der Waals surface area contributed by atoms with Crippen molar-refractivity contribution in [1.29, 1.82) is 0 Å².